The molecule has 1 amide bonds. The fourth-order valence-electron chi connectivity index (χ4n) is 2.72. The molecule has 7 nitrogen and oxygen atoms in total. The third-order valence-electron chi connectivity index (χ3n) is 3.70. The summed E-state index contributed by atoms with van der Waals surface area (Å²) in [6.07, 6.45) is 4.58. The van der Waals surface area contributed by atoms with Crippen LogP contribution in [0, 0.1) is 6.92 Å². The number of likely N-dealkylation sites (tertiary alicyclic amines) is 1. The number of hydrogen-bond acceptors (Lipinski definition) is 5. The van der Waals surface area contributed by atoms with Crippen molar-refractivity contribution in [2.45, 2.75) is 52.2 Å². The van der Waals surface area contributed by atoms with E-state index < -0.39 is 5.60 Å². The molecule has 1 fully saturated rings. The number of aryl methyl sites for hydroxylation is 2. The van der Waals surface area contributed by atoms with Crippen molar-refractivity contribution in [3.63, 3.8) is 0 Å². The molecule has 0 bridgehead atoms. The van der Waals surface area contributed by atoms with Crippen molar-refractivity contribution >= 4 is 12.0 Å². The van der Waals surface area contributed by atoms with E-state index >= 15 is 0 Å². The second kappa shape index (κ2) is 7.72. The smallest absolute Gasteiger partial charge is 0.410 e. The number of aliphatic imine (C=N–C) groups is 1. The Morgan fingerprint density at radius 3 is 2.76 bits per heavy atom. The average Bonchev–Trinajstić information content (AvgIpc) is 2.84. The van der Waals surface area contributed by atoms with Gasteiger partial charge < -0.3 is 18.9 Å². The van der Waals surface area contributed by atoms with Crippen molar-refractivity contribution in [2.24, 2.45) is 12.0 Å². The molecule has 25 heavy (non-hydrogen) atoms. The number of nitrogens with zero attached hydrogens (tertiary/aromatic N) is 4. The van der Waals surface area contributed by atoms with Crippen LogP contribution in [0.3, 0.4) is 0 Å². The predicted molar refractivity (Wildman–Crippen MR) is 96.6 cm³/mol. The summed E-state index contributed by atoms with van der Waals surface area (Å²) in [5, 5.41) is 0. The van der Waals surface area contributed by atoms with E-state index in [1.165, 1.54) is 6.20 Å². The van der Waals surface area contributed by atoms with Crippen molar-refractivity contribution in [3.05, 3.63) is 30.5 Å². The lowest BCUT2D eigenvalue weighted by atomic mass is 10.1. The maximum atomic E-state index is 12.3. The van der Waals surface area contributed by atoms with Crippen molar-refractivity contribution in [2.75, 3.05) is 13.1 Å². The van der Waals surface area contributed by atoms with Crippen molar-refractivity contribution < 1.29 is 14.3 Å². The number of piperidine rings is 1. The first-order valence-electron chi connectivity index (χ1n) is 8.53. The summed E-state index contributed by atoms with van der Waals surface area (Å²) in [5.41, 5.74) is 0.377. The van der Waals surface area contributed by atoms with Gasteiger partial charge >= 0.3 is 6.09 Å². The lowest BCUT2D eigenvalue weighted by Crippen LogP contribution is -2.46. The van der Waals surface area contributed by atoms with Gasteiger partial charge in [-0.3, -0.25) is 0 Å². The Morgan fingerprint density at radius 2 is 2.20 bits per heavy atom. The van der Waals surface area contributed by atoms with Crippen LogP contribution in [-0.2, 0) is 16.5 Å². The summed E-state index contributed by atoms with van der Waals surface area (Å²) in [6, 6.07) is 0. The number of amides is 1. The van der Waals surface area contributed by atoms with Crippen LogP contribution in [0.1, 0.15) is 45.1 Å². The van der Waals surface area contributed by atoms with Gasteiger partial charge in [0.1, 0.15) is 11.7 Å². The Bertz CT molecular complexity index is 658. The van der Waals surface area contributed by atoms with E-state index in [-0.39, 0.29) is 12.2 Å². The molecule has 0 saturated carbocycles. The van der Waals surface area contributed by atoms with E-state index in [2.05, 4.69) is 16.6 Å². The number of ether oxygens (including phenoxy) is 2. The number of imidazole rings is 1. The second-order valence-electron chi connectivity index (χ2n) is 7.24. The van der Waals surface area contributed by atoms with Crippen molar-refractivity contribution in [1.82, 2.24) is 14.5 Å². The van der Waals surface area contributed by atoms with Crippen LogP contribution < -0.4 is 0 Å². The Morgan fingerprint density at radius 1 is 1.48 bits per heavy atom. The molecule has 1 saturated heterocycles. The van der Waals surface area contributed by atoms with E-state index in [0.717, 1.165) is 18.5 Å². The minimum absolute atomic E-state index is 0.156. The van der Waals surface area contributed by atoms with Crippen molar-refractivity contribution in [1.29, 1.82) is 0 Å². The molecule has 0 spiro atoms. The Hall–Kier alpha value is -2.31. The van der Waals surface area contributed by atoms with Gasteiger partial charge in [0.05, 0.1) is 12.2 Å². The number of carbonyl (C=O) groups excluding carboxylic acids is 1. The van der Waals surface area contributed by atoms with Crippen LogP contribution in [0.5, 0.6) is 0 Å². The molecule has 1 aliphatic heterocycles. The van der Waals surface area contributed by atoms with Gasteiger partial charge in [-0.25, -0.2) is 14.8 Å². The minimum atomic E-state index is -0.509. The van der Waals surface area contributed by atoms with Crippen LogP contribution in [0.4, 0.5) is 4.79 Å². The first-order valence-corrected chi connectivity index (χ1v) is 8.53. The maximum Gasteiger partial charge on any atom is 0.410 e. The second-order valence-corrected chi connectivity index (χ2v) is 7.24. The molecular formula is C18H28N4O3. The third kappa shape index (κ3) is 5.34. The predicted octanol–water partition coefficient (Wildman–Crippen LogP) is 3.03. The molecule has 2 rings (SSSR count). The van der Waals surface area contributed by atoms with Gasteiger partial charge in [-0.05, 0) is 40.5 Å². The summed E-state index contributed by atoms with van der Waals surface area (Å²) in [6.45, 7) is 12.3. The minimum Gasteiger partial charge on any atom is -0.470 e. The van der Waals surface area contributed by atoms with Crippen LogP contribution in [0.15, 0.2) is 24.0 Å². The molecule has 0 aliphatic carbocycles. The summed E-state index contributed by atoms with van der Waals surface area (Å²) in [5.74, 6) is 1.06. The fourth-order valence-corrected chi connectivity index (χ4v) is 2.72. The summed E-state index contributed by atoms with van der Waals surface area (Å²) in [4.78, 5) is 22.7. The van der Waals surface area contributed by atoms with Gasteiger partial charge in [-0.1, -0.05) is 6.58 Å². The highest BCUT2D eigenvalue weighted by molar-refractivity contribution is 5.91. The topological polar surface area (TPSA) is 68.9 Å². The van der Waals surface area contributed by atoms with E-state index in [9.17, 15) is 4.79 Å². The van der Waals surface area contributed by atoms with Gasteiger partial charge in [0.25, 0.3) is 5.90 Å². The molecule has 1 atom stereocenters. The van der Waals surface area contributed by atoms with E-state index in [1.807, 2.05) is 45.5 Å². The summed E-state index contributed by atoms with van der Waals surface area (Å²) >= 11 is 0. The molecule has 0 N–H and O–H groups in total. The van der Waals surface area contributed by atoms with Crippen LogP contribution >= 0.6 is 0 Å². The number of aromatic nitrogens is 2. The van der Waals surface area contributed by atoms with Gasteiger partial charge in [0.2, 0.25) is 0 Å². The van der Waals surface area contributed by atoms with Crippen LogP contribution in [0.2, 0.25) is 0 Å². The first-order chi connectivity index (χ1) is 11.7. The molecule has 138 valence electrons. The van der Waals surface area contributed by atoms with Gasteiger partial charge in [0, 0.05) is 26.0 Å². The van der Waals surface area contributed by atoms with Crippen LogP contribution in [-0.4, -0.2) is 51.2 Å². The molecule has 0 aromatic carbocycles. The molecule has 1 aliphatic rings. The quantitative estimate of drug-likeness (QED) is 0.622. The molecule has 1 aromatic rings. The maximum absolute atomic E-state index is 12.3. The molecule has 7 heteroatoms. The first kappa shape index (κ1) is 19.0. The standard InChI is InChI=1S/C18H28N4O3/c1-7-19-16(15-20-13(2)11-21(15)6)24-14-9-8-10-22(12-14)17(23)25-18(3,4)5/h7,11,14H,1,8-10,12H2,2-6H3. The van der Waals surface area contributed by atoms with Gasteiger partial charge in [-0.15, -0.1) is 0 Å². The zero-order valence-electron chi connectivity index (χ0n) is 15.8. The molecule has 0 radical (unpaired) electrons. The molecule has 1 unspecified atom stereocenters. The molecule has 2 heterocycles. The van der Waals surface area contributed by atoms with E-state index in [4.69, 9.17) is 9.47 Å². The normalized spacial score (nSPS) is 18.8. The van der Waals surface area contributed by atoms with E-state index in [0.29, 0.717) is 24.8 Å². The summed E-state index contributed by atoms with van der Waals surface area (Å²) < 4.78 is 13.4. The Labute approximate surface area is 149 Å². The Kier molecular flexibility index (Phi) is 5.87. The zero-order valence-corrected chi connectivity index (χ0v) is 15.8. The highest BCUT2D eigenvalue weighted by Crippen LogP contribution is 2.18. The van der Waals surface area contributed by atoms with Crippen molar-refractivity contribution in [3.8, 4) is 0 Å². The third-order valence-corrected chi connectivity index (χ3v) is 3.70. The lowest BCUT2D eigenvalue weighted by Gasteiger charge is -2.34. The van der Waals surface area contributed by atoms with Crippen LogP contribution in [0.25, 0.3) is 0 Å². The van der Waals surface area contributed by atoms with Gasteiger partial charge in [0.15, 0.2) is 5.82 Å². The lowest BCUT2D eigenvalue weighted by molar-refractivity contribution is 0.00613. The van der Waals surface area contributed by atoms with E-state index in [1.54, 1.807) is 4.90 Å². The highest BCUT2D eigenvalue weighted by atomic mass is 16.6. The SMILES string of the molecule is C=CN=C(OC1CCCN(C(=O)OC(C)(C)C)C1)c1nc(C)cn1C. The largest absolute Gasteiger partial charge is 0.470 e. The highest BCUT2D eigenvalue weighted by Gasteiger charge is 2.29. The number of carbonyl (C=O) groups is 1. The van der Waals surface area contributed by atoms with Gasteiger partial charge in [-0.2, -0.15) is 0 Å². The molecular weight excluding hydrogens is 320 g/mol. The Balaban J connectivity index is 2.07. The summed E-state index contributed by atoms with van der Waals surface area (Å²) in [7, 11) is 1.89. The molecule has 1 aromatic heterocycles. The number of rotatable bonds is 3. The number of hydrogen-bond donors (Lipinski definition) is 0. The average molecular weight is 348 g/mol. The monoisotopic (exact) mass is 348 g/mol. The fraction of sp³-hybridized carbons (Fsp3) is 0.611. The zero-order chi connectivity index (χ0) is 18.6.